The maximum atomic E-state index is 9.47. The van der Waals surface area contributed by atoms with Crippen LogP contribution in [0, 0.1) is 0 Å². The van der Waals surface area contributed by atoms with Crippen LogP contribution in [0.1, 0.15) is 0 Å². The molecule has 2 heterocycles. The average molecular weight is 187 g/mol. The summed E-state index contributed by atoms with van der Waals surface area (Å²) in [6, 6.07) is -0.862. The molecule has 2 aliphatic rings. The molecule has 0 saturated carbocycles. The monoisotopic (exact) mass is 187 g/mol. The molecule has 0 aromatic carbocycles. The second-order valence-corrected chi connectivity index (χ2v) is 3.05. The summed E-state index contributed by atoms with van der Waals surface area (Å²) in [5.41, 5.74) is 8.20. The van der Waals surface area contributed by atoms with E-state index >= 15 is 0 Å². The molecule has 2 fully saturated rings. The fraction of sp³-hybridized carbons (Fsp3) is 1.00. The van der Waals surface area contributed by atoms with Crippen LogP contribution in [0.25, 0.3) is 10.4 Å². The van der Waals surface area contributed by atoms with E-state index in [1.165, 1.54) is 0 Å². The minimum absolute atomic E-state index is 0.223. The first-order valence-electron chi connectivity index (χ1n) is 3.91. The van der Waals surface area contributed by atoms with Gasteiger partial charge in [-0.3, -0.25) is 0 Å². The molecule has 2 bridgehead atoms. The van der Waals surface area contributed by atoms with Crippen LogP contribution in [0.4, 0.5) is 0 Å². The highest BCUT2D eigenvalue weighted by molar-refractivity contribution is 4.96. The summed E-state index contributed by atoms with van der Waals surface area (Å²) in [4.78, 5) is 2.55. The number of aliphatic hydroxyl groups is 2. The van der Waals surface area contributed by atoms with E-state index < -0.39 is 30.6 Å². The number of aliphatic hydroxyl groups excluding tert-OH is 2. The number of rotatable bonds is 1. The molecule has 0 aromatic rings. The van der Waals surface area contributed by atoms with Crippen LogP contribution in [0.5, 0.6) is 0 Å². The molecule has 2 rings (SSSR count). The van der Waals surface area contributed by atoms with Crippen molar-refractivity contribution in [3.8, 4) is 0 Å². The van der Waals surface area contributed by atoms with Crippen LogP contribution in [0.3, 0.4) is 0 Å². The van der Waals surface area contributed by atoms with Gasteiger partial charge in [0, 0.05) is 4.91 Å². The number of hydrogen-bond acceptors (Lipinski definition) is 5. The third-order valence-corrected chi connectivity index (χ3v) is 2.28. The van der Waals surface area contributed by atoms with Gasteiger partial charge in [0.15, 0.2) is 6.29 Å². The van der Waals surface area contributed by atoms with Crippen molar-refractivity contribution in [2.45, 2.75) is 30.6 Å². The fourth-order valence-corrected chi connectivity index (χ4v) is 1.56. The van der Waals surface area contributed by atoms with Crippen LogP contribution < -0.4 is 0 Å². The van der Waals surface area contributed by atoms with Crippen molar-refractivity contribution in [1.82, 2.24) is 0 Å². The van der Waals surface area contributed by atoms with Crippen molar-refractivity contribution in [3.05, 3.63) is 10.4 Å². The lowest BCUT2D eigenvalue weighted by Crippen LogP contribution is -2.52. The molecule has 2 unspecified atom stereocenters. The lowest BCUT2D eigenvalue weighted by Gasteiger charge is -2.32. The molecule has 0 aliphatic carbocycles. The maximum absolute atomic E-state index is 9.47. The Bertz CT molecular complexity index is 254. The molecule has 2 N–H and O–H groups in total. The second kappa shape index (κ2) is 3.13. The summed E-state index contributed by atoms with van der Waals surface area (Å²) >= 11 is 0. The standard InChI is InChI=1S/C6H9N3O4/c7-9-8-3-5(11)4(10)2-1-12-6(3)13-2/h2-6,10-11H,1H2/t2?,3-,4+,5?,6+/m0/s1. The lowest BCUT2D eigenvalue weighted by atomic mass is 10.00. The van der Waals surface area contributed by atoms with Gasteiger partial charge >= 0.3 is 0 Å². The first kappa shape index (κ1) is 8.74. The number of hydrogen-bond donors (Lipinski definition) is 2. The minimum atomic E-state index is -1.11. The number of fused-ring (bicyclic) bond motifs is 2. The van der Waals surface area contributed by atoms with Gasteiger partial charge in [-0.2, -0.15) is 0 Å². The summed E-state index contributed by atoms with van der Waals surface area (Å²) in [5.74, 6) is 0. The molecule has 2 aliphatic heterocycles. The van der Waals surface area contributed by atoms with Crippen molar-refractivity contribution in [2.75, 3.05) is 6.61 Å². The third kappa shape index (κ3) is 1.27. The quantitative estimate of drug-likeness (QED) is 0.316. The first-order valence-corrected chi connectivity index (χ1v) is 3.91. The predicted molar refractivity (Wildman–Crippen MR) is 39.6 cm³/mol. The Hall–Kier alpha value is -0.850. The van der Waals surface area contributed by atoms with Gasteiger partial charge < -0.3 is 19.7 Å². The van der Waals surface area contributed by atoms with Gasteiger partial charge in [0.05, 0.1) is 12.7 Å². The van der Waals surface area contributed by atoms with Gasteiger partial charge in [0.25, 0.3) is 0 Å². The van der Waals surface area contributed by atoms with Crippen LogP contribution in [0.15, 0.2) is 5.11 Å². The van der Waals surface area contributed by atoms with Gasteiger partial charge in [-0.05, 0) is 5.53 Å². The van der Waals surface area contributed by atoms with Crippen molar-refractivity contribution in [2.24, 2.45) is 5.11 Å². The molecule has 7 nitrogen and oxygen atoms in total. The van der Waals surface area contributed by atoms with Gasteiger partial charge in [-0.15, -0.1) is 0 Å². The predicted octanol–water partition coefficient (Wildman–Crippen LogP) is -0.858. The Morgan fingerprint density at radius 2 is 2.15 bits per heavy atom. The molecule has 2 saturated heterocycles. The Balaban J connectivity index is 2.21. The zero-order valence-corrected chi connectivity index (χ0v) is 6.65. The first-order chi connectivity index (χ1) is 6.24. The molecule has 0 spiro atoms. The van der Waals surface area contributed by atoms with Gasteiger partial charge in [0.2, 0.25) is 0 Å². The molecule has 72 valence electrons. The van der Waals surface area contributed by atoms with Crippen LogP contribution in [0.2, 0.25) is 0 Å². The van der Waals surface area contributed by atoms with Crippen LogP contribution in [-0.4, -0.2) is 47.5 Å². The van der Waals surface area contributed by atoms with Crippen molar-refractivity contribution in [1.29, 1.82) is 0 Å². The molecule has 0 aromatic heterocycles. The van der Waals surface area contributed by atoms with Gasteiger partial charge in [-0.1, -0.05) is 5.11 Å². The summed E-state index contributed by atoms with van der Waals surface area (Å²) in [7, 11) is 0. The lowest BCUT2D eigenvalue weighted by molar-refractivity contribution is -0.177. The van der Waals surface area contributed by atoms with E-state index in [4.69, 9.17) is 15.0 Å². The van der Waals surface area contributed by atoms with E-state index in [0.29, 0.717) is 0 Å². The smallest absolute Gasteiger partial charge is 0.169 e. The fourth-order valence-electron chi connectivity index (χ4n) is 1.56. The zero-order chi connectivity index (χ0) is 9.42. The van der Waals surface area contributed by atoms with E-state index in [-0.39, 0.29) is 6.61 Å². The Labute approximate surface area is 73.5 Å². The second-order valence-electron chi connectivity index (χ2n) is 3.05. The van der Waals surface area contributed by atoms with Gasteiger partial charge in [-0.25, -0.2) is 0 Å². The molecular formula is C6H9N3O4. The number of nitrogens with zero attached hydrogens (tertiary/aromatic N) is 3. The Morgan fingerprint density at radius 3 is 2.85 bits per heavy atom. The van der Waals surface area contributed by atoms with E-state index in [0.717, 1.165) is 0 Å². The topological polar surface area (TPSA) is 108 Å². The molecule has 0 amide bonds. The van der Waals surface area contributed by atoms with E-state index in [9.17, 15) is 10.2 Å². The molecule has 13 heavy (non-hydrogen) atoms. The highest BCUT2D eigenvalue weighted by Gasteiger charge is 2.49. The van der Waals surface area contributed by atoms with Crippen LogP contribution >= 0.6 is 0 Å². The van der Waals surface area contributed by atoms with E-state index in [2.05, 4.69) is 10.0 Å². The Kier molecular flexibility index (Phi) is 2.10. The zero-order valence-electron chi connectivity index (χ0n) is 6.65. The number of azide groups is 1. The highest BCUT2D eigenvalue weighted by atomic mass is 16.7. The van der Waals surface area contributed by atoms with E-state index in [1.54, 1.807) is 0 Å². The molecular weight excluding hydrogens is 178 g/mol. The minimum Gasteiger partial charge on any atom is -0.390 e. The van der Waals surface area contributed by atoms with Crippen molar-refractivity contribution in [3.63, 3.8) is 0 Å². The largest absolute Gasteiger partial charge is 0.390 e. The maximum Gasteiger partial charge on any atom is 0.169 e. The highest BCUT2D eigenvalue weighted by Crippen LogP contribution is 2.29. The van der Waals surface area contributed by atoms with E-state index in [1.807, 2.05) is 0 Å². The summed E-state index contributed by atoms with van der Waals surface area (Å²) in [6.07, 6.45) is -3.39. The molecule has 0 radical (unpaired) electrons. The normalized spacial score (nSPS) is 48.6. The van der Waals surface area contributed by atoms with Gasteiger partial charge in [0.1, 0.15) is 18.2 Å². The summed E-state index contributed by atoms with van der Waals surface area (Å²) < 4.78 is 10.2. The summed E-state index contributed by atoms with van der Waals surface area (Å²) in [6.45, 7) is 0.223. The Morgan fingerprint density at radius 1 is 1.38 bits per heavy atom. The third-order valence-electron chi connectivity index (χ3n) is 2.28. The van der Waals surface area contributed by atoms with Crippen molar-refractivity contribution >= 4 is 0 Å². The molecule has 5 atom stereocenters. The average Bonchev–Trinajstić information content (AvgIpc) is 2.56. The summed E-state index contributed by atoms with van der Waals surface area (Å²) in [5, 5.41) is 22.2. The SMILES string of the molecule is [N-]=[N+]=N[C@H]1C(O)[C@H](O)C2CO[C@@H]1O2. The van der Waals surface area contributed by atoms with Crippen LogP contribution in [-0.2, 0) is 9.47 Å². The number of ether oxygens (including phenoxy) is 2. The van der Waals surface area contributed by atoms with Crippen molar-refractivity contribution < 1.29 is 19.7 Å². The molecule has 7 heteroatoms.